The second kappa shape index (κ2) is 26.4. The number of para-hydroxylation sites is 2. The van der Waals surface area contributed by atoms with E-state index in [9.17, 15) is 19.2 Å². The number of anilines is 2. The summed E-state index contributed by atoms with van der Waals surface area (Å²) in [7, 11) is 2.69. The van der Waals surface area contributed by atoms with Crippen molar-refractivity contribution in [3.05, 3.63) is 251 Å². The zero-order valence-corrected chi connectivity index (χ0v) is 39.9. The summed E-state index contributed by atoms with van der Waals surface area (Å²) in [4.78, 5) is 52.2. The van der Waals surface area contributed by atoms with Gasteiger partial charge < -0.3 is 29.6 Å². The van der Waals surface area contributed by atoms with Crippen molar-refractivity contribution in [1.82, 2.24) is 0 Å². The van der Waals surface area contributed by atoms with Crippen molar-refractivity contribution in [2.75, 3.05) is 38.1 Å². The topological polar surface area (TPSA) is 129 Å². The largest absolute Gasteiger partial charge is 0.490 e. The van der Waals surface area contributed by atoms with Crippen molar-refractivity contribution in [1.29, 1.82) is 0 Å². The lowest BCUT2D eigenvalue weighted by atomic mass is 10.00. The third kappa shape index (κ3) is 14.8. The number of nitrogens with one attached hydrogen (secondary N) is 2. The number of methoxy groups -OCH3 is 2. The lowest BCUT2D eigenvalue weighted by molar-refractivity contribution is -0.142. The number of ketones is 2. The summed E-state index contributed by atoms with van der Waals surface area (Å²) in [5, 5.41) is 6.48. The smallest absolute Gasteiger partial charge is 0.328 e. The van der Waals surface area contributed by atoms with E-state index < -0.39 is 24.0 Å². The molecule has 0 heterocycles. The van der Waals surface area contributed by atoms with E-state index in [1.54, 1.807) is 72.8 Å². The Morgan fingerprint density at radius 3 is 1.19 bits per heavy atom. The van der Waals surface area contributed by atoms with Crippen molar-refractivity contribution in [2.45, 2.75) is 24.9 Å². The van der Waals surface area contributed by atoms with Gasteiger partial charge in [-0.25, -0.2) is 9.59 Å². The molecule has 0 spiro atoms. The summed E-state index contributed by atoms with van der Waals surface area (Å²) in [5.74, 6) is 12.5. The van der Waals surface area contributed by atoms with Crippen molar-refractivity contribution in [2.24, 2.45) is 0 Å². The zero-order chi connectivity index (χ0) is 50.3. The lowest BCUT2D eigenvalue weighted by Gasteiger charge is -2.20. The molecule has 0 saturated carbocycles. The van der Waals surface area contributed by atoms with Crippen LogP contribution in [0.2, 0.25) is 0 Å². The number of hydrogen-bond acceptors (Lipinski definition) is 10. The van der Waals surface area contributed by atoms with E-state index in [1.807, 2.05) is 133 Å². The highest BCUT2D eigenvalue weighted by molar-refractivity contribution is 6.13. The Hall–Kier alpha value is -9.38. The molecule has 10 heteroatoms. The van der Waals surface area contributed by atoms with Crippen molar-refractivity contribution in [3.63, 3.8) is 0 Å². The number of benzene rings is 7. The third-order valence-corrected chi connectivity index (χ3v) is 11.2. The molecule has 2 atom stereocenters. The Morgan fingerprint density at radius 1 is 0.458 bits per heavy atom. The van der Waals surface area contributed by atoms with Gasteiger partial charge in [0.15, 0.2) is 11.6 Å². The molecule has 0 aliphatic carbocycles. The van der Waals surface area contributed by atoms with Gasteiger partial charge >= 0.3 is 11.9 Å². The molecule has 7 aromatic carbocycles. The van der Waals surface area contributed by atoms with Crippen LogP contribution in [0.3, 0.4) is 0 Å². The average molecular weight is 953 g/mol. The van der Waals surface area contributed by atoms with E-state index in [2.05, 4.69) is 34.3 Å². The van der Waals surface area contributed by atoms with E-state index in [1.165, 1.54) is 14.2 Å². The van der Waals surface area contributed by atoms with Crippen LogP contribution in [-0.4, -0.2) is 63.0 Å². The van der Waals surface area contributed by atoms with Gasteiger partial charge in [0.25, 0.3) is 0 Å². The highest BCUT2D eigenvalue weighted by Crippen LogP contribution is 2.24. The summed E-state index contributed by atoms with van der Waals surface area (Å²) in [6.07, 6.45) is 7.82. The van der Waals surface area contributed by atoms with Gasteiger partial charge in [-0.1, -0.05) is 133 Å². The minimum Gasteiger partial charge on any atom is -0.490 e. The van der Waals surface area contributed by atoms with Gasteiger partial charge in [-0.05, 0) is 108 Å². The minimum absolute atomic E-state index is 0.142. The van der Waals surface area contributed by atoms with E-state index in [0.29, 0.717) is 71.2 Å². The van der Waals surface area contributed by atoms with E-state index in [0.717, 1.165) is 22.3 Å². The first kappa shape index (κ1) is 50.5. The Labute approximate surface area is 420 Å². The van der Waals surface area contributed by atoms with Gasteiger partial charge in [0.05, 0.1) is 14.2 Å². The van der Waals surface area contributed by atoms with Crippen LogP contribution in [0.4, 0.5) is 11.4 Å². The summed E-state index contributed by atoms with van der Waals surface area (Å²) in [6, 6.07) is 53.5. The summed E-state index contributed by atoms with van der Waals surface area (Å²) in [5.41, 5.74) is 6.62. The molecule has 2 N–H and O–H groups in total. The fourth-order valence-electron chi connectivity index (χ4n) is 7.46. The molecule has 0 fully saturated rings. The molecule has 0 saturated heterocycles. The Balaban J connectivity index is 0.822. The lowest BCUT2D eigenvalue weighted by Crippen LogP contribution is -2.33. The molecule has 0 amide bonds. The fraction of sp³-hybridized carbons (Fsp3) is 0.129. The Morgan fingerprint density at radius 2 is 0.819 bits per heavy atom. The number of hydrogen-bond donors (Lipinski definition) is 2. The SMILES string of the molecule is COC(=O)C(Cc1ccc(OCC=CC#Cc2ccc(C#CC=CCOc3ccc(CC(Nc4ccccc4C(=O)c4ccccc4)C(=O)OC)cc3)cc2)cc1)Nc1ccccc1C(=O)c1ccccc1. The highest BCUT2D eigenvalue weighted by Gasteiger charge is 2.24. The predicted octanol–water partition coefficient (Wildman–Crippen LogP) is 10.5. The standard InChI is InChI=1S/C62H52N2O8/c1-69-61(67)57(63-55-27-15-13-25-53(55)59(65)49-21-9-3-10-22-49)43-47-33-37-51(38-34-47)71-41-17-5-7-19-45-29-31-46(32-30-45)20-8-6-18-42-72-52-39-35-48(36-40-52)44-58(62(68)70-2)64-56-28-16-14-26-54(56)60(66)50-23-11-4-12-24-50/h3-6,9-18,21-40,57-58,63-64H,41-44H2,1-2H3. The Kier molecular flexibility index (Phi) is 18.5. The molecule has 358 valence electrons. The number of esters is 2. The molecule has 0 bridgehead atoms. The molecule has 0 aromatic heterocycles. The molecule has 10 nitrogen and oxygen atoms in total. The van der Waals surface area contributed by atoms with Crippen LogP contribution in [0.5, 0.6) is 11.5 Å². The molecular formula is C62H52N2O8. The van der Waals surface area contributed by atoms with E-state index >= 15 is 0 Å². The summed E-state index contributed by atoms with van der Waals surface area (Å²) >= 11 is 0. The minimum atomic E-state index is -0.726. The van der Waals surface area contributed by atoms with E-state index in [4.69, 9.17) is 18.9 Å². The van der Waals surface area contributed by atoms with Gasteiger partial charge in [-0.15, -0.1) is 0 Å². The Bertz CT molecular complexity index is 2910. The number of carbonyl (C=O) groups is 4. The second-order valence-corrected chi connectivity index (χ2v) is 16.2. The van der Waals surface area contributed by atoms with Crippen LogP contribution < -0.4 is 20.1 Å². The van der Waals surface area contributed by atoms with Crippen LogP contribution in [0.1, 0.15) is 54.1 Å². The molecule has 0 aliphatic heterocycles. The van der Waals surface area contributed by atoms with Gasteiger partial charge in [0, 0.05) is 57.6 Å². The molecule has 7 aromatic rings. The van der Waals surface area contributed by atoms with Gasteiger partial charge in [-0.2, -0.15) is 0 Å². The quantitative estimate of drug-likeness (QED) is 0.0433. The average Bonchev–Trinajstić information content (AvgIpc) is 3.43. The van der Waals surface area contributed by atoms with Crippen molar-refractivity contribution >= 4 is 34.9 Å². The molecule has 0 aliphatic rings. The first-order valence-corrected chi connectivity index (χ1v) is 23.2. The first-order valence-electron chi connectivity index (χ1n) is 23.2. The van der Waals surface area contributed by atoms with Crippen molar-refractivity contribution < 1.29 is 38.1 Å². The maximum absolute atomic E-state index is 13.3. The van der Waals surface area contributed by atoms with Gasteiger partial charge in [0.1, 0.15) is 36.8 Å². The van der Waals surface area contributed by atoms with Crippen molar-refractivity contribution in [3.8, 4) is 35.2 Å². The zero-order valence-electron chi connectivity index (χ0n) is 39.9. The van der Waals surface area contributed by atoms with Crippen LogP contribution in [0.25, 0.3) is 0 Å². The highest BCUT2D eigenvalue weighted by atomic mass is 16.5. The van der Waals surface area contributed by atoms with Crippen LogP contribution in [0.15, 0.2) is 206 Å². The second-order valence-electron chi connectivity index (χ2n) is 16.2. The maximum Gasteiger partial charge on any atom is 0.328 e. The fourth-order valence-corrected chi connectivity index (χ4v) is 7.46. The number of allylic oxidation sites excluding steroid dienone is 2. The molecule has 72 heavy (non-hydrogen) atoms. The predicted molar refractivity (Wildman–Crippen MR) is 281 cm³/mol. The van der Waals surface area contributed by atoms with Crippen LogP contribution in [0, 0.1) is 23.7 Å². The van der Waals surface area contributed by atoms with Gasteiger partial charge in [0.2, 0.25) is 0 Å². The number of rotatable bonds is 20. The first-order chi connectivity index (χ1) is 35.3. The van der Waals surface area contributed by atoms with Crippen LogP contribution >= 0.6 is 0 Å². The summed E-state index contributed by atoms with van der Waals surface area (Å²) < 4.78 is 21.9. The number of carbonyl (C=O) groups excluding carboxylic acids is 4. The molecular weight excluding hydrogens is 901 g/mol. The van der Waals surface area contributed by atoms with Gasteiger partial charge in [-0.3, -0.25) is 9.59 Å². The van der Waals surface area contributed by atoms with E-state index in [-0.39, 0.29) is 11.6 Å². The molecule has 0 radical (unpaired) electrons. The molecule has 7 rings (SSSR count). The normalized spacial score (nSPS) is 11.5. The summed E-state index contributed by atoms with van der Waals surface area (Å²) in [6.45, 7) is 0.641. The molecule has 2 unspecified atom stereocenters. The maximum atomic E-state index is 13.3. The monoisotopic (exact) mass is 952 g/mol. The number of ether oxygens (including phenoxy) is 4. The van der Waals surface area contributed by atoms with Crippen LogP contribution in [-0.2, 0) is 31.9 Å². The third-order valence-electron chi connectivity index (χ3n) is 11.2.